The number of hydrogen-bond acceptors (Lipinski definition) is 3. The quantitative estimate of drug-likeness (QED) is 0.900. The second-order valence-electron chi connectivity index (χ2n) is 5.78. The lowest BCUT2D eigenvalue weighted by Crippen LogP contribution is -2.43. The SMILES string of the molecule is CNC(=O)c1cc(F)ccc1CC1(O)c2ccccc2C(=O)N1C. The Labute approximate surface area is 138 Å². The molecular weight excluding hydrogens is 311 g/mol. The largest absolute Gasteiger partial charge is 0.366 e. The molecule has 0 radical (unpaired) electrons. The van der Waals surface area contributed by atoms with Crippen molar-refractivity contribution in [3.8, 4) is 0 Å². The van der Waals surface area contributed by atoms with Gasteiger partial charge >= 0.3 is 0 Å². The molecule has 1 heterocycles. The number of amides is 2. The summed E-state index contributed by atoms with van der Waals surface area (Å²) in [6.45, 7) is 0. The van der Waals surface area contributed by atoms with Crippen LogP contribution in [0.4, 0.5) is 4.39 Å². The summed E-state index contributed by atoms with van der Waals surface area (Å²) in [5.74, 6) is -1.29. The summed E-state index contributed by atoms with van der Waals surface area (Å²) in [6, 6.07) is 10.6. The zero-order valence-corrected chi connectivity index (χ0v) is 13.3. The van der Waals surface area contributed by atoms with Gasteiger partial charge in [-0.15, -0.1) is 0 Å². The summed E-state index contributed by atoms with van der Waals surface area (Å²) in [5.41, 5.74) is -0.101. The highest BCUT2D eigenvalue weighted by Gasteiger charge is 2.46. The molecular formula is C18H17FN2O3. The van der Waals surface area contributed by atoms with Gasteiger partial charge in [0.25, 0.3) is 11.8 Å². The van der Waals surface area contributed by atoms with Gasteiger partial charge in [-0.3, -0.25) is 9.59 Å². The van der Waals surface area contributed by atoms with Crippen molar-refractivity contribution in [2.75, 3.05) is 14.1 Å². The summed E-state index contributed by atoms with van der Waals surface area (Å²) in [5, 5.41) is 13.6. The number of carbonyl (C=O) groups excluding carboxylic acids is 2. The Kier molecular flexibility index (Phi) is 3.85. The summed E-state index contributed by atoms with van der Waals surface area (Å²) < 4.78 is 13.5. The van der Waals surface area contributed by atoms with Crippen molar-refractivity contribution in [2.45, 2.75) is 12.1 Å². The number of fused-ring (bicyclic) bond motifs is 1. The van der Waals surface area contributed by atoms with Crippen LogP contribution in [-0.4, -0.2) is 35.9 Å². The maximum atomic E-state index is 13.5. The average Bonchev–Trinajstić information content (AvgIpc) is 2.78. The highest BCUT2D eigenvalue weighted by atomic mass is 19.1. The maximum absolute atomic E-state index is 13.5. The lowest BCUT2D eigenvalue weighted by molar-refractivity contribution is -0.0716. The molecule has 1 aliphatic heterocycles. The Hall–Kier alpha value is -2.73. The summed E-state index contributed by atoms with van der Waals surface area (Å²) in [6.07, 6.45) is -0.0186. The minimum atomic E-state index is -1.59. The standard InChI is InChI=1S/C18H17FN2O3/c1-20-16(22)14-9-12(19)8-7-11(14)10-18(24)15-6-4-3-5-13(15)17(23)21(18)2/h3-9,24H,10H2,1-2H3,(H,20,22). The Balaban J connectivity index is 2.09. The van der Waals surface area contributed by atoms with Crippen LogP contribution in [0.15, 0.2) is 42.5 Å². The van der Waals surface area contributed by atoms with Gasteiger partial charge < -0.3 is 15.3 Å². The minimum absolute atomic E-state index is 0.0186. The molecule has 24 heavy (non-hydrogen) atoms. The number of likely N-dealkylation sites (N-methyl/N-ethyl adjacent to an activating group) is 1. The van der Waals surface area contributed by atoms with Crippen LogP contribution in [0.5, 0.6) is 0 Å². The van der Waals surface area contributed by atoms with E-state index in [-0.39, 0.29) is 17.9 Å². The van der Waals surface area contributed by atoms with Crippen LogP contribution in [-0.2, 0) is 12.1 Å². The zero-order valence-electron chi connectivity index (χ0n) is 13.3. The molecule has 1 unspecified atom stereocenters. The third kappa shape index (κ3) is 2.35. The third-order valence-corrected chi connectivity index (χ3v) is 4.43. The Morgan fingerprint density at radius 3 is 2.71 bits per heavy atom. The number of carbonyl (C=O) groups is 2. The molecule has 5 nitrogen and oxygen atoms in total. The van der Waals surface area contributed by atoms with E-state index in [4.69, 9.17) is 0 Å². The first kappa shape index (κ1) is 16.1. The van der Waals surface area contributed by atoms with Gasteiger partial charge in [-0.2, -0.15) is 0 Å². The molecule has 0 fully saturated rings. The van der Waals surface area contributed by atoms with Gasteiger partial charge in [-0.25, -0.2) is 4.39 Å². The topological polar surface area (TPSA) is 69.6 Å². The van der Waals surface area contributed by atoms with Crippen molar-refractivity contribution in [1.29, 1.82) is 0 Å². The van der Waals surface area contributed by atoms with E-state index < -0.39 is 17.4 Å². The number of halogens is 1. The van der Waals surface area contributed by atoms with Gasteiger partial charge in [0.15, 0.2) is 5.72 Å². The van der Waals surface area contributed by atoms with Crippen LogP contribution in [0.3, 0.4) is 0 Å². The van der Waals surface area contributed by atoms with E-state index in [0.717, 1.165) is 6.07 Å². The van der Waals surface area contributed by atoms with E-state index in [2.05, 4.69) is 5.32 Å². The van der Waals surface area contributed by atoms with Crippen molar-refractivity contribution in [1.82, 2.24) is 10.2 Å². The average molecular weight is 328 g/mol. The first-order valence-corrected chi connectivity index (χ1v) is 7.49. The maximum Gasteiger partial charge on any atom is 0.256 e. The Morgan fingerprint density at radius 1 is 1.29 bits per heavy atom. The molecule has 1 aliphatic rings. The van der Waals surface area contributed by atoms with Crippen LogP contribution in [0.2, 0.25) is 0 Å². The number of aliphatic hydroxyl groups is 1. The minimum Gasteiger partial charge on any atom is -0.366 e. The number of nitrogens with one attached hydrogen (secondary N) is 1. The van der Waals surface area contributed by atoms with E-state index in [0.29, 0.717) is 16.7 Å². The molecule has 0 saturated heterocycles. The van der Waals surface area contributed by atoms with Crippen LogP contribution >= 0.6 is 0 Å². The van der Waals surface area contributed by atoms with E-state index >= 15 is 0 Å². The van der Waals surface area contributed by atoms with Crippen molar-refractivity contribution >= 4 is 11.8 Å². The highest BCUT2D eigenvalue weighted by molar-refractivity contribution is 6.00. The molecule has 0 bridgehead atoms. The second kappa shape index (κ2) is 5.72. The van der Waals surface area contributed by atoms with E-state index in [1.807, 2.05) is 0 Å². The number of nitrogens with zero attached hydrogens (tertiary/aromatic N) is 1. The predicted molar refractivity (Wildman–Crippen MR) is 85.9 cm³/mol. The van der Waals surface area contributed by atoms with Crippen molar-refractivity contribution in [2.24, 2.45) is 0 Å². The summed E-state index contributed by atoms with van der Waals surface area (Å²) >= 11 is 0. The highest BCUT2D eigenvalue weighted by Crippen LogP contribution is 2.38. The van der Waals surface area contributed by atoms with Crippen molar-refractivity contribution < 1.29 is 19.1 Å². The van der Waals surface area contributed by atoms with Crippen molar-refractivity contribution in [3.05, 3.63) is 70.5 Å². The molecule has 1 atom stereocenters. The predicted octanol–water partition coefficient (Wildman–Crippen LogP) is 1.66. The number of benzene rings is 2. The van der Waals surface area contributed by atoms with E-state index in [9.17, 15) is 19.1 Å². The van der Waals surface area contributed by atoms with E-state index in [1.165, 1.54) is 31.1 Å². The smallest absolute Gasteiger partial charge is 0.256 e. The van der Waals surface area contributed by atoms with Gasteiger partial charge in [0.2, 0.25) is 0 Å². The first-order chi connectivity index (χ1) is 11.4. The van der Waals surface area contributed by atoms with Crippen LogP contribution in [0.1, 0.15) is 31.8 Å². The fraction of sp³-hybridized carbons (Fsp3) is 0.222. The summed E-state index contributed by atoms with van der Waals surface area (Å²) in [4.78, 5) is 25.6. The van der Waals surface area contributed by atoms with Gasteiger partial charge in [-0.1, -0.05) is 24.3 Å². The molecule has 2 aromatic rings. The van der Waals surface area contributed by atoms with E-state index in [1.54, 1.807) is 24.3 Å². The zero-order chi connectivity index (χ0) is 17.5. The number of rotatable bonds is 3. The van der Waals surface area contributed by atoms with Gasteiger partial charge in [0.1, 0.15) is 5.82 Å². The van der Waals surface area contributed by atoms with Gasteiger partial charge in [0.05, 0.1) is 0 Å². The fourth-order valence-corrected chi connectivity index (χ4v) is 3.08. The summed E-state index contributed by atoms with van der Waals surface area (Å²) in [7, 11) is 2.96. The number of hydrogen-bond donors (Lipinski definition) is 2. The molecule has 6 heteroatoms. The Bertz CT molecular complexity index is 837. The van der Waals surface area contributed by atoms with Crippen LogP contribution in [0, 0.1) is 5.82 Å². The fourth-order valence-electron chi connectivity index (χ4n) is 3.08. The molecule has 0 aliphatic carbocycles. The second-order valence-corrected chi connectivity index (χ2v) is 5.78. The van der Waals surface area contributed by atoms with Gasteiger partial charge in [0, 0.05) is 37.2 Å². The van der Waals surface area contributed by atoms with Crippen LogP contribution in [0.25, 0.3) is 0 Å². The van der Waals surface area contributed by atoms with Gasteiger partial charge in [-0.05, 0) is 23.8 Å². The monoisotopic (exact) mass is 328 g/mol. The normalized spacial score (nSPS) is 19.3. The molecule has 2 amide bonds. The molecule has 2 aromatic carbocycles. The third-order valence-electron chi connectivity index (χ3n) is 4.43. The lowest BCUT2D eigenvalue weighted by atomic mass is 9.91. The lowest BCUT2D eigenvalue weighted by Gasteiger charge is -2.32. The first-order valence-electron chi connectivity index (χ1n) is 7.49. The Morgan fingerprint density at radius 2 is 2.00 bits per heavy atom. The molecule has 3 rings (SSSR count). The van der Waals surface area contributed by atoms with Crippen molar-refractivity contribution in [3.63, 3.8) is 0 Å². The molecule has 0 saturated carbocycles. The molecule has 2 N–H and O–H groups in total. The molecule has 0 spiro atoms. The molecule has 124 valence electrons. The molecule has 0 aromatic heterocycles. The van der Waals surface area contributed by atoms with Crippen LogP contribution < -0.4 is 5.32 Å².